The molecule has 1 fully saturated rings. The highest BCUT2D eigenvalue weighted by Gasteiger charge is 2.37. The third-order valence-electron chi connectivity index (χ3n) is 7.89. The summed E-state index contributed by atoms with van der Waals surface area (Å²) in [5.74, 6) is 0.768. The molecule has 0 aromatic heterocycles. The van der Waals surface area contributed by atoms with Crippen LogP contribution >= 0.6 is 31.9 Å². The Morgan fingerprint density at radius 2 is 1.97 bits per heavy atom. The zero-order chi connectivity index (χ0) is 28.2. The molecule has 2 aliphatic heterocycles. The smallest absolute Gasteiger partial charge is 0.226 e. The van der Waals surface area contributed by atoms with Crippen molar-refractivity contribution in [2.75, 3.05) is 13.1 Å². The SMILES string of the molecule is C=C/C(=C\C=C/CC(C)(C)O)CC(=O)N1CCC(C2C3=NC=C(Br)CC=C3CCc3cc(C)cc(Br)c32)CC1. The lowest BCUT2D eigenvalue weighted by Gasteiger charge is -2.37. The second-order valence-electron chi connectivity index (χ2n) is 11.6. The van der Waals surface area contributed by atoms with Crippen LogP contribution in [0.3, 0.4) is 0 Å². The molecule has 2 heterocycles. The summed E-state index contributed by atoms with van der Waals surface area (Å²) in [5, 5.41) is 9.89. The lowest BCUT2D eigenvalue weighted by atomic mass is 9.75. The molecular weight excluding hydrogens is 616 g/mol. The van der Waals surface area contributed by atoms with Gasteiger partial charge in [0.15, 0.2) is 0 Å². The molecule has 4 rings (SSSR count). The number of nitrogens with zero attached hydrogens (tertiary/aromatic N) is 2. The van der Waals surface area contributed by atoms with Crippen LogP contribution in [0.15, 0.2) is 80.4 Å². The number of carbonyl (C=O) groups is 1. The monoisotopic (exact) mass is 654 g/mol. The summed E-state index contributed by atoms with van der Waals surface area (Å²) in [4.78, 5) is 20.3. The van der Waals surface area contributed by atoms with Crippen LogP contribution in [0.4, 0.5) is 0 Å². The average molecular weight is 657 g/mol. The molecule has 3 aliphatic rings. The number of rotatable bonds is 7. The molecule has 4 nitrogen and oxygen atoms in total. The van der Waals surface area contributed by atoms with E-state index in [2.05, 4.69) is 63.6 Å². The molecule has 1 aromatic rings. The standard InChI is InChI=1S/C33H40Br2N2O2/c1-5-23(8-6-7-15-33(3,4)39)20-29(38)37-16-13-24(14-17-37)31-30-26(18-22(2)19-28(30)35)10-9-25-11-12-27(34)21-36-32(25)31/h5-8,11,18-19,21,24,31,39H,1,9-10,12-17,20H2,2-4H3/b7-6-,23-8+. The molecule has 1 N–H and O–H groups in total. The van der Waals surface area contributed by atoms with Crippen molar-refractivity contribution in [1.29, 1.82) is 0 Å². The topological polar surface area (TPSA) is 52.9 Å². The molecule has 0 bridgehead atoms. The second kappa shape index (κ2) is 13.1. The maximum absolute atomic E-state index is 13.2. The van der Waals surface area contributed by atoms with Gasteiger partial charge in [-0.2, -0.15) is 0 Å². The molecule has 1 atom stereocenters. The Bertz CT molecular complexity index is 1250. The van der Waals surface area contributed by atoms with Crippen LogP contribution < -0.4 is 0 Å². The first-order chi connectivity index (χ1) is 18.6. The van der Waals surface area contributed by atoms with E-state index in [9.17, 15) is 9.90 Å². The third-order valence-corrected chi connectivity index (χ3v) is 9.07. The van der Waals surface area contributed by atoms with Crippen molar-refractivity contribution < 1.29 is 9.90 Å². The van der Waals surface area contributed by atoms with Crippen LogP contribution in [-0.4, -0.2) is 40.3 Å². The Balaban J connectivity index is 1.51. The summed E-state index contributed by atoms with van der Waals surface area (Å²) < 4.78 is 2.29. The fraction of sp³-hybridized carbons (Fsp3) is 0.455. The van der Waals surface area contributed by atoms with Crippen molar-refractivity contribution >= 4 is 43.5 Å². The minimum atomic E-state index is -0.739. The summed E-state index contributed by atoms with van der Waals surface area (Å²) in [6, 6.07) is 4.59. The van der Waals surface area contributed by atoms with Crippen molar-refractivity contribution in [3.63, 3.8) is 0 Å². The predicted octanol–water partition coefficient (Wildman–Crippen LogP) is 8.25. The number of aliphatic hydroxyl groups is 1. The number of benzene rings is 1. The minimum absolute atomic E-state index is 0.146. The molecule has 1 amide bonds. The van der Waals surface area contributed by atoms with Crippen molar-refractivity contribution in [2.24, 2.45) is 10.9 Å². The van der Waals surface area contributed by atoms with Gasteiger partial charge in [-0.3, -0.25) is 9.79 Å². The minimum Gasteiger partial charge on any atom is -0.390 e. The van der Waals surface area contributed by atoms with Gasteiger partial charge in [-0.05, 0) is 99.1 Å². The number of fused-ring (bicyclic) bond motifs is 2. The lowest BCUT2D eigenvalue weighted by Crippen LogP contribution is -2.41. The van der Waals surface area contributed by atoms with E-state index in [1.54, 1.807) is 19.9 Å². The van der Waals surface area contributed by atoms with Gasteiger partial charge < -0.3 is 10.0 Å². The quantitative estimate of drug-likeness (QED) is 0.301. The fourth-order valence-corrected chi connectivity index (χ4v) is 7.00. The molecule has 208 valence electrons. The summed E-state index contributed by atoms with van der Waals surface area (Å²) in [6.07, 6.45) is 17.6. The first kappa shape index (κ1) is 30.0. The van der Waals surface area contributed by atoms with Crippen molar-refractivity contribution in [3.8, 4) is 0 Å². The second-order valence-corrected chi connectivity index (χ2v) is 13.5. The molecule has 1 aliphatic carbocycles. The largest absolute Gasteiger partial charge is 0.390 e. The maximum atomic E-state index is 13.2. The Labute approximate surface area is 250 Å². The van der Waals surface area contributed by atoms with Gasteiger partial charge in [-0.25, -0.2) is 0 Å². The van der Waals surface area contributed by atoms with E-state index in [-0.39, 0.29) is 11.8 Å². The highest BCUT2D eigenvalue weighted by molar-refractivity contribution is 9.11. The molecule has 0 radical (unpaired) electrons. The van der Waals surface area contributed by atoms with Crippen LogP contribution in [0.5, 0.6) is 0 Å². The van der Waals surface area contributed by atoms with Gasteiger partial charge in [0.2, 0.25) is 5.91 Å². The van der Waals surface area contributed by atoms with Crippen LogP contribution in [0, 0.1) is 12.8 Å². The third kappa shape index (κ3) is 7.80. The zero-order valence-corrected chi connectivity index (χ0v) is 26.5. The molecule has 6 heteroatoms. The van der Waals surface area contributed by atoms with Gasteiger partial charge in [-0.15, -0.1) is 0 Å². The van der Waals surface area contributed by atoms with Gasteiger partial charge in [0, 0.05) is 34.2 Å². The lowest BCUT2D eigenvalue weighted by molar-refractivity contribution is -0.131. The molecule has 39 heavy (non-hydrogen) atoms. The Morgan fingerprint density at radius 1 is 1.23 bits per heavy atom. The highest BCUT2D eigenvalue weighted by Crippen LogP contribution is 2.45. The van der Waals surface area contributed by atoms with Crippen molar-refractivity contribution in [3.05, 3.63) is 92.1 Å². The number of amides is 1. The van der Waals surface area contributed by atoms with Crippen LogP contribution in [0.25, 0.3) is 0 Å². The maximum Gasteiger partial charge on any atom is 0.226 e. The molecular formula is C33H40Br2N2O2. The van der Waals surface area contributed by atoms with E-state index in [4.69, 9.17) is 4.99 Å². The van der Waals surface area contributed by atoms with Gasteiger partial charge in [-0.1, -0.05) is 74.9 Å². The number of hydrogen-bond donors (Lipinski definition) is 1. The number of aliphatic imine (C=N–C) groups is 1. The van der Waals surface area contributed by atoms with E-state index >= 15 is 0 Å². The average Bonchev–Trinajstić information content (AvgIpc) is 3.16. The summed E-state index contributed by atoms with van der Waals surface area (Å²) in [7, 11) is 0. The van der Waals surface area contributed by atoms with Gasteiger partial charge in [0.1, 0.15) is 0 Å². The van der Waals surface area contributed by atoms with Crippen molar-refractivity contribution in [1.82, 2.24) is 4.90 Å². The molecule has 1 aromatic carbocycles. The van der Waals surface area contributed by atoms with E-state index in [0.717, 1.165) is 55.2 Å². The number of aryl methyl sites for hydroxylation is 2. The number of carbonyl (C=O) groups excluding carboxylic acids is 1. The molecule has 0 saturated carbocycles. The molecule has 1 saturated heterocycles. The zero-order valence-electron chi connectivity index (χ0n) is 23.4. The van der Waals surface area contributed by atoms with E-state index < -0.39 is 5.60 Å². The van der Waals surface area contributed by atoms with Gasteiger partial charge >= 0.3 is 0 Å². The predicted molar refractivity (Wildman–Crippen MR) is 169 cm³/mol. The van der Waals surface area contributed by atoms with E-state index in [0.29, 0.717) is 18.8 Å². The number of piperidine rings is 1. The van der Waals surface area contributed by atoms with Crippen molar-refractivity contribution in [2.45, 2.75) is 77.2 Å². The number of allylic oxidation sites excluding steroid dienone is 6. The first-order valence-electron chi connectivity index (χ1n) is 13.9. The van der Waals surface area contributed by atoms with Gasteiger partial charge in [0.05, 0.1) is 17.7 Å². The Morgan fingerprint density at radius 3 is 2.67 bits per heavy atom. The highest BCUT2D eigenvalue weighted by atomic mass is 79.9. The van der Waals surface area contributed by atoms with Crippen LogP contribution in [0.2, 0.25) is 0 Å². The summed E-state index contributed by atoms with van der Waals surface area (Å²) in [5.41, 5.74) is 6.80. The van der Waals surface area contributed by atoms with Gasteiger partial charge in [0.25, 0.3) is 0 Å². The summed E-state index contributed by atoms with van der Waals surface area (Å²) >= 11 is 7.60. The fourth-order valence-electron chi connectivity index (χ4n) is 5.87. The van der Waals surface area contributed by atoms with E-state index in [1.807, 2.05) is 29.3 Å². The van der Waals surface area contributed by atoms with Crippen LogP contribution in [0.1, 0.15) is 75.0 Å². The normalized spacial score (nSPS) is 20.9. The van der Waals surface area contributed by atoms with Crippen LogP contribution in [-0.2, 0) is 11.2 Å². The summed E-state index contributed by atoms with van der Waals surface area (Å²) in [6.45, 7) is 11.1. The molecule has 1 unspecified atom stereocenters. The number of halogens is 2. The number of likely N-dealkylation sites (tertiary alicyclic amines) is 1. The Hall–Kier alpha value is -2.02. The Kier molecular flexibility index (Phi) is 10.1. The molecule has 0 spiro atoms. The number of hydrogen-bond acceptors (Lipinski definition) is 3. The van der Waals surface area contributed by atoms with E-state index in [1.165, 1.54) is 32.4 Å². The first-order valence-corrected chi connectivity index (χ1v) is 15.5.